The minimum Gasteiger partial charge on any atom is -0.488 e. The molecule has 2 aromatic rings. The number of rotatable bonds is 5. The van der Waals surface area contributed by atoms with Crippen LogP contribution in [0.25, 0.3) is 0 Å². The molecule has 0 unspecified atom stereocenters. The Kier molecular flexibility index (Phi) is 4.91. The first-order chi connectivity index (χ1) is 10.2. The largest absolute Gasteiger partial charge is 0.488 e. The molecule has 0 aromatic heterocycles. The maximum Gasteiger partial charge on any atom is 0.129 e. The highest BCUT2D eigenvalue weighted by molar-refractivity contribution is 5.37. The van der Waals surface area contributed by atoms with Crippen molar-refractivity contribution in [2.45, 2.75) is 26.0 Å². The maximum atomic E-state index is 13.7. The van der Waals surface area contributed by atoms with E-state index in [1.165, 1.54) is 18.2 Å². The number of hydrogen-bond donors (Lipinski definition) is 1. The third-order valence-electron chi connectivity index (χ3n) is 3.32. The summed E-state index contributed by atoms with van der Waals surface area (Å²) in [7, 11) is 0. The number of halogens is 1. The molecule has 0 saturated heterocycles. The Hall–Kier alpha value is -2.38. The molecule has 4 heteroatoms. The molecular formula is C17H17FN2O. The lowest BCUT2D eigenvalue weighted by molar-refractivity contribution is 0.294. The molecule has 0 saturated carbocycles. The smallest absolute Gasteiger partial charge is 0.129 e. The molecule has 0 heterocycles. The fourth-order valence-electron chi connectivity index (χ4n) is 2.05. The number of para-hydroxylation sites is 1. The molecule has 3 nitrogen and oxygen atoms in total. The molecular weight excluding hydrogens is 267 g/mol. The highest BCUT2D eigenvalue weighted by Crippen LogP contribution is 2.26. The Bertz CT molecular complexity index is 664. The van der Waals surface area contributed by atoms with Crippen LogP contribution >= 0.6 is 0 Å². The average molecular weight is 284 g/mol. The summed E-state index contributed by atoms with van der Waals surface area (Å²) in [6.45, 7) is 2.06. The number of benzene rings is 2. The standard InChI is InChI=1S/C17H17FN2O/c1-2-16(20)14-5-3-4-6-17(14)21-11-13-9-12(10-19)7-8-15(13)18/h3-9,16H,2,11,20H2,1H3/t16-/m1/s1. The van der Waals surface area contributed by atoms with Crippen molar-refractivity contribution in [2.24, 2.45) is 5.73 Å². The van der Waals surface area contributed by atoms with Gasteiger partial charge >= 0.3 is 0 Å². The van der Waals surface area contributed by atoms with Gasteiger partial charge in [0, 0.05) is 17.2 Å². The number of nitrogens with two attached hydrogens (primary N) is 1. The Balaban J connectivity index is 2.19. The summed E-state index contributed by atoms with van der Waals surface area (Å²) >= 11 is 0. The number of hydrogen-bond acceptors (Lipinski definition) is 3. The van der Waals surface area contributed by atoms with E-state index in [-0.39, 0.29) is 18.5 Å². The number of ether oxygens (including phenoxy) is 1. The van der Waals surface area contributed by atoms with Gasteiger partial charge in [0.1, 0.15) is 18.2 Å². The van der Waals surface area contributed by atoms with Gasteiger partial charge in [0.2, 0.25) is 0 Å². The van der Waals surface area contributed by atoms with Gasteiger partial charge in [0.05, 0.1) is 11.6 Å². The van der Waals surface area contributed by atoms with Crippen molar-refractivity contribution in [3.8, 4) is 11.8 Å². The van der Waals surface area contributed by atoms with Crippen molar-refractivity contribution in [1.29, 1.82) is 5.26 Å². The quantitative estimate of drug-likeness (QED) is 0.911. The summed E-state index contributed by atoms with van der Waals surface area (Å²) in [5.74, 6) is 0.264. The lowest BCUT2D eigenvalue weighted by Crippen LogP contribution is -2.11. The molecule has 1 atom stereocenters. The average Bonchev–Trinajstić information content (AvgIpc) is 2.53. The van der Waals surface area contributed by atoms with Crippen LogP contribution < -0.4 is 10.5 Å². The van der Waals surface area contributed by atoms with Crippen LogP contribution in [-0.4, -0.2) is 0 Å². The van der Waals surface area contributed by atoms with E-state index >= 15 is 0 Å². The Morgan fingerprint density at radius 2 is 2.05 bits per heavy atom. The van der Waals surface area contributed by atoms with Gasteiger partial charge in [-0.15, -0.1) is 0 Å². The first-order valence-electron chi connectivity index (χ1n) is 6.81. The highest BCUT2D eigenvalue weighted by Gasteiger charge is 2.11. The second-order valence-corrected chi connectivity index (χ2v) is 4.76. The van der Waals surface area contributed by atoms with Crippen molar-refractivity contribution in [2.75, 3.05) is 0 Å². The van der Waals surface area contributed by atoms with Gasteiger partial charge in [-0.05, 0) is 30.7 Å². The first-order valence-corrected chi connectivity index (χ1v) is 6.81. The summed E-state index contributed by atoms with van der Waals surface area (Å²) in [5, 5.41) is 8.86. The van der Waals surface area contributed by atoms with Crippen LogP contribution in [0.2, 0.25) is 0 Å². The fourth-order valence-corrected chi connectivity index (χ4v) is 2.05. The van der Waals surface area contributed by atoms with Gasteiger partial charge in [0.15, 0.2) is 0 Å². The lowest BCUT2D eigenvalue weighted by atomic mass is 10.0. The van der Waals surface area contributed by atoms with Crippen LogP contribution in [0.1, 0.15) is 36.1 Å². The zero-order valence-corrected chi connectivity index (χ0v) is 11.8. The van der Waals surface area contributed by atoms with E-state index in [1.54, 1.807) is 0 Å². The highest BCUT2D eigenvalue weighted by atomic mass is 19.1. The monoisotopic (exact) mass is 284 g/mol. The molecule has 108 valence electrons. The Labute approximate surface area is 123 Å². The van der Waals surface area contributed by atoms with Gasteiger partial charge in [0.25, 0.3) is 0 Å². The van der Waals surface area contributed by atoms with Gasteiger partial charge in [-0.3, -0.25) is 0 Å². The maximum absolute atomic E-state index is 13.7. The zero-order valence-electron chi connectivity index (χ0n) is 11.8. The predicted molar refractivity (Wildman–Crippen MR) is 79.1 cm³/mol. The Morgan fingerprint density at radius 1 is 1.29 bits per heavy atom. The van der Waals surface area contributed by atoms with Gasteiger partial charge in [-0.1, -0.05) is 25.1 Å². The van der Waals surface area contributed by atoms with Crippen molar-refractivity contribution in [3.63, 3.8) is 0 Å². The van der Waals surface area contributed by atoms with E-state index in [1.807, 2.05) is 37.3 Å². The molecule has 2 N–H and O–H groups in total. The van der Waals surface area contributed by atoms with Crippen molar-refractivity contribution < 1.29 is 9.13 Å². The van der Waals surface area contributed by atoms with Crippen LogP contribution in [0.15, 0.2) is 42.5 Å². The third kappa shape index (κ3) is 3.59. The van der Waals surface area contributed by atoms with Crippen molar-refractivity contribution >= 4 is 0 Å². The molecule has 0 aliphatic heterocycles. The summed E-state index contributed by atoms with van der Waals surface area (Å²) < 4.78 is 19.4. The lowest BCUT2D eigenvalue weighted by Gasteiger charge is -2.16. The molecule has 0 spiro atoms. The minimum absolute atomic E-state index is 0.0643. The van der Waals surface area contributed by atoms with Crippen LogP contribution in [0.4, 0.5) is 4.39 Å². The molecule has 0 bridgehead atoms. The molecule has 0 radical (unpaired) electrons. The minimum atomic E-state index is -0.383. The summed E-state index contributed by atoms with van der Waals surface area (Å²) in [4.78, 5) is 0. The molecule has 0 aliphatic rings. The summed E-state index contributed by atoms with van der Waals surface area (Å²) in [5.41, 5.74) is 7.71. The van der Waals surface area contributed by atoms with E-state index in [0.29, 0.717) is 16.9 Å². The van der Waals surface area contributed by atoms with E-state index in [9.17, 15) is 4.39 Å². The Morgan fingerprint density at radius 3 is 2.76 bits per heavy atom. The summed E-state index contributed by atoms with van der Waals surface area (Å²) in [6.07, 6.45) is 0.790. The SMILES string of the molecule is CC[C@@H](N)c1ccccc1OCc1cc(C#N)ccc1F. The second kappa shape index (κ2) is 6.87. The third-order valence-corrected chi connectivity index (χ3v) is 3.32. The predicted octanol–water partition coefficient (Wildman–Crippen LogP) is 3.69. The van der Waals surface area contributed by atoms with Crippen LogP contribution in [0.3, 0.4) is 0 Å². The molecule has 0 amide bonds. The van der Waals surface area contributed by atoms with E-state index < -0.39 is 0 Å². The number of nitriles is 1. The normalized spacial score (nSPS) is 11.7. The molecule has 2 aromatic carbocycles. The van der Waals surface area contributed by atoms with Gasteiger partial charge in [-0.2, -0.15) is 5.26 Å². The molecule has 21 heavy (non-hydrogen) atoms. The second-order valence-electron chi connectivity index (χ2n) is 4.76. The van der Waals surface area contributed by atoms with Gasteiger partial charge < -0.3 is 10.5 Å². The van der Waals surface area contributed by atoms with E-state index in [2.05, 4.69) is 0 Å². The topological polar surface area (TPSA) is 59.0 Å². The van der Waals surface area contributed by atoms with Crippen molar-refractivity contribution in [3.05, 3.63) is 65.0 Å². The van der Waals surface area contributed by atoms with Gasteiger partial charge in [-0.25, -0.2) is 4.39 Å². The van der Waals surface area contributed by atoms with E-state index in [4.69, 9.17) is 15.7 Å². The molecule has 0 aliphatic carbocycles. The van der Waals surface area contributed by atoms with Crippen LogP contribution in [-0.2, 0) is 6.61 Å². The first kappa shape index (κ1) is 15.0. The summed E-state index contributed by atoms with van der Waals surface area (Å²) in [6, 6.07) is 13.6. The van der Waals surface area contributed by atoms with Crippen LogP contribution in [0.5, 0.6) is 5.75 Å². The van der Waals surface area contributed by atoms with Crippen LogP contribution in [0, 0.1) is 17.1 Å². The fraction of sp³-hybridized carbons (Fsp3) is 0.235. The zero-order chi connectivity index (χ0) is 15.2. The molecule has 0 fully saturated rings. The molecule has 2 rings (SSSR count). The number of nitrogens with zero attached hydrogens (tertiary/aromatic N) is 1. The van der Waals surface area contributed by atoms with E-state index in [0.717, 1.165) is 12.0 Å². The van der Waals surface area contributed by atoms with Crippen molar-refractivity contribution in [1.82, 2.24) is 0 Å².